The van der Waals surface area contributed by atoms with Crippen LogP contribution in [-0.4, -0.2) is 53.5 Å². The zero-order valence-electron chi connectivity index (χ0n) is 15.1. The average Bonchev–Trinajstić information content (AvgIpc) is 3.10. The molecule has 0 saturated carbocycles. The SMILES string of the molecule is CNc1ncccc1CN1C[C@@H]2CCCN2C[C@@H]1Cc1ccccc1. The fraction of sp³-hybridized carbons (Fsp3) is 0.476. The lowest BCUT2D eigenvalue weighted by Gasteiger charge is -2.44. The third kappa shape index (κ3) is 3.70. The van der Waals surface area contributed by atoms with Crippen LogP contribution < -0.4 is 5.32 Å². The highest BCUT2D eigenvalue weighted by Crippen LogP contribution is 2.28. The molecular weight excluding hydrogens is 308 g/mol. The van der Waals surface area contributed by atoms with Gasteiger partial charge in [0.1, 0.15) is 5.82 Å². The Morgan fingerprint density at radius 1 is 1.12 bits per heavy atom. The minimum atomic E-state index is 0.571. The monoisotopic (exact) mass is 336 g/mol. The summed E-state index contributed by atoms with van der Waals surface area (Å²) in [5, 5.41) is 3.25. The van der Waals surface area contributed by atoms with Gasteiger partial charge in [-0.2, -0.15) is 0 Å². The molecule has 1 aromatic carbocycles. The van der Waals surface area contributed by atoms with Crippen LogP contribution in [0.4, 0.5) is 5.82 Å². The lowest BCUT2D eigenvalue weighted by Crippen LogP contribution is -2.56. The molecule has 0 aliphatic carbocycles. The molecule has 25 heavy (non-hydrogen) atoms. The van der Waals surface area contributed by atoms with Gasteiger partial charge in [-0.05, 0) is 37.4 Å². The summed E-state index contributed by atoms with van der Waals surface area (Å²) in [6.07, 6.45) is 5.69. The largest absolute Gasteiger partial charge is 0.373 e. The number of pyridine rings is 1. The van der Waals surface area contributed by atoms with E-state index < -0.39 is 0 Å². The molecule has 4 rings (SSSR count). The van der Waals surface area contributed by atoms with Crippen LogP contribution in [0.5, 0.6) is 0 Å². The first-order valence-electron chi connectivity index (χ1n) is 9.47. The maximum atomic E-state index is 4.49. The molecular formula is C21H28N4. The molecule has 0 spiro atoms. The van der Waals surface area contributed by atoms with E-state index in [1.165, 1.54) is 43.6 Å². The Bertz CT molecular complexity index is 687. The van der Waals surface area contributed by atoms with Gasteiger partial charge in [-0.3, -0.25) is 9.80 Å². The molecule has 1 N–H and O–H groups in total. The van der Waals surface area contributed by atoms with Gasteiger partial charge in [-0.1, -0.05) is 36.4 Å². The first-order chi connectivity index (χ1) is 12.3. The van der Waals surface area contributed by atoms with Gasteiger partial charge < -0.3 is 5.32 Å². The average molecular weight is 336 g/mol. The maximum Gasteiger partial charge on any atom is 0.130 e. The van der Waals surface area contributed by atoms with Crippen LogP contribution in [0.1, 0.15) is 24.0 Å². The zero-order valence-corrected chi connectivity index (χ0v) is 15.1. The Hall–Kier alpha value is -1.91. The molecule has 2 aliphatic heterocycles. The Morgan fingerprint density at radius 2 is 2.00 bits per heavy atom. The highest BCUT2D eigenvalue weighted by atomic mass is 15.3. The summed E-state index contributed by atoms with van der Waals surface area (Å²) in [5.41, 5.74) is 2.74. The van der Waals surface area contributed by atoms with Gasteiger partial charge in [0.2, 0.25) is 0 Å². The van der Waals surface area contributed by atoms with E-state index in [1.54, 1.807) is 0 Å². The van der Waals surface area contributed by atoms with Crippen LogP contribution in [0.15, 0.2) is 48.7 Å². The summed E-state index contributed by atoms with van der Waals surface area (Å²) in [7, 11) is 1.96. The van der Waals surface area contributed by atoms with Crippen LogP contribution in [0.25, 0.3) is 0 Å². The molecule has 2 atom stereocenters. The Kier molecular flexibility index (Phi) is 4.99. The minimum Gasteiger partial charge on any atom is -0.373 e. The van der Waals surface area contributed by atoms with Crippen molar-refractivity contribution in [1.82, 2.24) is 14.8 Å². The molecule has 4 heteroatoms. The van der Waals surface area contributed by atoms with Crippen molar-refractivity contribution >= 4 is 5.82 Å². The number of nitrogens with one attached hydrogen (secondary N) is 1. The molecule has 132 valence electrons. The molecule has 3 heterocycles. The summed E-state index contributed by atoms with van der Waals surface area (Å²) in [6, 6.07) is 16.5. The summed E-state index contributed by atoms with van der Waals surface area (Å²) in [5.74, 6) is 1.01. The van der Waals surface area contributed by atoms with Crippen LogP contribution in [0, 0.1) is 0 Å². The van der Waals surface area contributed by atoms with Crippen LogP contribution >= 0.6 is 0 Å². The number of anilines is 1. The van der Waals surface area contributed by atoms with Gasteiger partial charge in [0, 0.05) is 50.5 Å². The van der Waals surface area contributed by atoms with Crippen LogP contribution in [0.2, 0.25) is 0 Å². The topological polar surface area (TPSA) is 31.4 Å². The summed E-state index contributed by atoms with van der Waals surface area (Å²) < 4.78 is 0. The van der Waals surface area contributed by atoms with Gasteiger partial charge >= 0.3 is 0 Å². The maximum absolute atomic E-state index is 4.49. The van der Waals surface area contributed by atoms with E-state index in [0.29, 0.717) is 6.04 Å². The van der Waals surface area contributed by atoms with Crippen molar-refractivity contribution in [3.63, 3.8) is 0 Å². The lowest BCUT2D eigenvalue weighted by atomic mass is 9.99. The summed E-state index contributed by atoms with van der Waals surface area (Å²) in [6.45, 7) is 4.62. The molecule has 1 aromatic heterocycles. The van der Waals surface area contributed by atoms with Crippen molar-refractivity contribution in [2.24, 2.45) is 0 Å². The number of fused-ring (bicyclic) bond motifs is 1. The van der Waals surface area contributed by atoms with E-state index in [1.807, 2.05) is 19.3 Å². The van der Waals surface area contributed by atoms with Gasteiger partial charge in [0.25, 0.3) is 0 Å². The molecule has 0 bridgehead atoms. The predicted octanol–water partition coefficient (Wildman–Crippen LogP) is 3.01. The minimum absolute atomic E-state index is 0.571. The first kappa shape index (κ1) is 16.6. The standard InChI is InChI=1S/C21H28N4/c1-22-21-18(9-5-11-23-21)14-25-15-19-10-6-12-24(19)16-20(25)13-17-7-3-2-4-8-17/h2-5,7-9,11,19-20H,6,10,12-16H2,1H3,(H,22,23)/t19-,20-/m0/s1. The fourth-order valence-corrected chi connectivity index (χ4v) is 4.43. The number of rotatable bonds is 5. The van der Waals surface area contributed by atoms with Gasteiger partial charge in [0.15, 0.2) is 0 Å². The third-order valence-electron chi connectivity index (χ3n) is 5.72. The quantitative estimate of drug-likeness (QED) is 0.909. The van der Waals surface area contributed by atoms with E-state index in [4.69, 9.17) is 0 Å². The van der Waals surface area contributed by atoms with Gasteiger partial charge in [-0.15, -0.1) is 0 Å². The van der Waals surface area contributed by atoms with E-state index >= 15 is 0 Å². The zero-order chi connectivity index (χ0) is 17.1. The first-order valence-corrected chi connectivity index (χ1v) is 9.47. The second kappa shape index (κ2) is 7.54. The van der Waals surface area contributed by atoms with Crippen molar-refractivity contribution in [2.75, 3.05) is 32.0 Å². The Morgan fingerprint density at radius 3 is 2.84 bits per heavy atom. The number of hydrogen-bond acceptors (Lipinski definition) is 4. The molecule has 4 nitrogen and oxygen atoms in total. The molecule has 0 amide bonds. The van der Waals surface area contributed by atoms with Gasteiger partial charge in [0.05, 0.1) is 0 Å². The predicted molar refractivity (Wildman–Crippen MR) is 103 cm³/mol. The van der Waals surface area contributed by atoms with Crippen LogP contribution in [0.3, 0.4) is 0 Å². The summed E-state index contributed by atoms with van der Waals surface area (Å²) in [4.78, 5) is 9.90. The van der Waals surface area contributed by atoms with Crippen molar-refractivity contribution in [3.8, 4) is 0 Å². The van der Waals surface area contributed by atoms with Crippen molar-refractivity contribution < 1.29 is 0 Å². The number of piperazine rings is 1. The van der Waals surface area contributed by atoms with Crippen molar-refractivity contribution in [1.29, 1.82) is 0 Å². The second-order valence-electron chi connectivity index (χ2n) is 7.33. The molecule has 2 saturated heterocycles. The van der Waals surface area contributed by atoms with E-state index in [9.17, 15) is 0 Å². The molecule has 2 aromatic rings. The Labute approximate surface area is 150 Å². The molecule has 0 unspecified atom stereocenters. The third-order valence-corrected chi connectivity index (χ3v) is 5.72. The fourth-order valence-electron chi connectivity index (χ4n) is 4.43. The number of aromatic nitrogens is 1. The molecule has 2 fully saturated rings. The highest BCUT2D eigenvalue weighted by molar-refractivity contribution is 5.43. The van der Waals surface area contributed by atoms with E-state index in [0.717, 1.165) is 24.8 Å². The lowest BCUT2D eigenvalue weighted by molar-refractivity contribution is 0.0456. The highest BCUT2D eigenvalue weighted by Gasteiger charge is 2.36. The van der Waals surface area contributed by atoms with Gasteiger partial charge in [-0.25, -0.2) is 4.98 Å². The smallest absolute Gasteiger partial charge is 0.130 e. The number of hydrogen-bond donors (Lipinski definition) is 1. The second-order valence-corrected chi connectivity index (χ2v) is 7.33. The van der Waals surface area contributed by atoms with Crippen LogP contribution in [-0.2, 0) is 13.0 Å². The number of benzene rings is 1. The number of nitrogens with zero attached hydrogens (tertiary/aromatic N) is 3. The Balaban J connectivity index is 1.55. The van der Waals surface area contributed by atoms with E-state index in [2.05, 4.69) is 56.5 Å². The molecule has 2 aliphatic rings. The van der Waals surface area contributed by atoms with Crippen molar-refractivity contribution in [3.05, 3.63) is 59.8 Å². The van der Waals surface area contributed by atoms with Crippen molar-refractivity contribution in [2.45, 2.75) is 37.9 Å². The summed E-state index contributed by atoms with van der Waals surface area (Å²) >= 11 is 0. The normalized spacial score (nSPS) is 24.2. The van der Waals surface area contributed by atoms with E-state index in [-0.39, 0.29) is 0 Å². The molecule has 0 radical (unpaired) electrons.